The summed E-state index contributed by atoms with van der Waals surface area (Å²) < 4.78 is 40.1. The summed E-state index contributed by atoms with van der Waals surface area (Å²) in [5.74, 6) is 0.689. The van der Waals surface area contributed by atoms with Crippen LogP contribution in [0.5, 0.6) is 0 Å². The molecule has 0 amide bonds. The van der Waals surface area contributed by atoms with Gasteiger partial charge < -0.3 is 10.4 Å². The maximum absolute atomic E-state index is 13.4. The fourth-order valence-corrected chi connectivity index (χ4v) is 3.15. The van der Waals surface area contributed by atoms with E-state index in [1.54, 1.807) is 6.07 Å². The fraction of sp³-hybridized carbons (Fsp3) is 0.647. The molecule has 1 aliphatic rings. The lowest BCUT2D eigenvalue weighted by Crippen LogP contribution is -2.52. The second kappa shape index (κ2) is 7.01. The Labute approximate surface area is 129 Å². The van der Waals surface area contributed by atoms with Gasteiger partial charge in [-0.3, -0.25) is 0 Å². The molecule has 5 heteroatoms. The number of nitrogens with one attached hydrogen (secondary N) is 1. The summed E-state index contributed by atoms with van der Waals surface area (Å²) in [4.78, 5) is 0. The average Bonchev–Trinajstić information content (AvgIpc) is 2.53. The monoisotopic (exact) mass is 315 g/mol. The second-order valence-corrected chi connectivity index (χ2v) is 6.23. The smallest absolute Gasteiger partial charge is 0.375 e. The summed E-state index contributed by atoms with van der Waals surface area (Å²) in [5.41, 5.74) is -2.95. The van der Waals surface area contributed by atoms with Crippen molar-refractivity contribution in [3.63, 3.8) is 0 Å². The molecular formula is C17H24F3NO. The van der Waals surface area contributed by atoms with E-state index >= 15 is 0 Å². The Morgan fingerprint density at radius 2 is 1.68 bits per heavy atom. The molecule has 1 atom stereocenters. The minimum absolute atomic E-state index is 0.0559. The highest BCUT2D eigenvalue weighted by molar-refractivity contribution is 5.24. The van der Waals surface area contributed by atoms with Crippen molar-refractivity contribution < 1.29 is 18.3 Å². The molecule has 1 aromatic rings. The molecule has 124 valence electrons. The van der Waals surface area contributed by atoms with Crippen LogP contribution in [0.2, 0.25) is 0 Å². The molecule has 1 saturated carbocycles. The predicted octanol–water partition coefficient (Wildman–Crippen LogP) is 3.99. The Balaban J connectivity index is 2.03. The Bertz CT molecular complexity index is 455. The SMILES string of the molecule is CC[C@H]1CC[C@H](NCC(O)(c2ccccc2)C(F)(F)F)CC1. The number of rotatable bonds is 5. The quantitative estimate of drug-likeness (QED) is 0.861. The summed E-state index contributed by atoms with van der Waals surface area (Å²) in [5, 5.41) is 13.2. The number of hydrogen-bond acceptors (Lipinski definition) is 2. The van der Waals surface area contributed by atoms with Crippen LogP contribution >= 0.6 is 0 Å². The van der Waals surface area contributed by atoms with Crippen LogP contribution in [0.3, 0.4) is 0 Å². The molecule has 22 heavy (non-hydrogen) atoms. The van der Waals surface area contributed by atoms with Crippen molar-refractivity contribution in [2.24, 2.45) is 5.92 Å². The number of benzene rings is 1. The third kappa shape index (κ3) is 3.82. The van der Waals surface area contributed by atoms with Crippen molar-refractivity contribution in [1.29, 1.82) is 0 Å². The van der Waals surface area contributed by atoms with Gasteiger partial charge in [0.05, 0.1) is 0 Å². The Kier molecular flexibility index (Phi) is 5.50. The van der Waals surface area contributed by atoms with Crippen LogP contribution in [0.15, 0.2) is 30.3 Å². The van der Waals surface area contributed by atoms with Gasteiger partial charge in [-0.2, -0.15) is 13.2 Å². The zero-order valence-corrected chi connectivity index (χ0v) is 12.9. The highest BCUT2D eigenvalue weighted by Gasteiger charge is 2.54. The van der Waals surface area contributed by atoms with E-state index in [1.807, 2.05) is 0 Å². The van der Waals surface area contributed by atoms with E-state index in [9.17, 15) is 18.3 Å². The van der Waals surface area contributed by atoms with Crippen LogP contribution in [0.1, 0.15) is 44.6 Å². The maximum atomic E-state index is 13.4. The fourth-order valence-electron chi connectivity index (χ4n) is 3.15. The number of hydrogen-bond donors (Lipinski definition) is 2. The van der Waals surface area contributed by atoms with E-state index in [0.29, 0.717) is 5.92 Å². The minimum atomic E-state index is -4.71. The van der Waals surface area contributed by atoms with Crippen molar-refractivity contribution in [3.05, 3.63) is 35.9 Å². The molecular weight excluding hydrogens is 291 g/mol. The number of halogens is 3. The summed E-state index contributed by atoms with van der Waals surface area (Å²) in [7, 11) is 0. The molecule has 2 rings (SSSR count). The van der Waals surface area contributed by atoms with E-state index in [2.05, 4.69) is 12.2 Å². The highest BCUT2D eigenvalue weighted by atomic mass is 19.4. The highest BCUT2D eigenvalue weighted by Crippen LogP contribution is 2.39. The molecule has 1 aliphatic carbocycles. The van der Waals surface area contributed by atoms with Gasteiger partial charge in [0, 0.05) is 12.6 Å². The Morgan fingerprint density at radius 1 is 1.09 bits per heavy atom. The second-order valence-electron chi connectivity index (χ2n) is 6.23. The van der Waals surface area contributed by atoms with Gasteiger partial charge in [0.1, 0.15) is 0 Å². The summed E-state index contributed by atoms with van der Waals surface area (Å²) in [6.07, 6.45) is 0.265. The van der Waals surface area contributed by atoms with Crippen molar-refractivity contribution in [2.75, 3.05) is 6.54 Å². The minimum Gasteiger partial charge on any atom is -0.375 e. The Hall–Kier alpha value is -1.07. The summed E-state index contributed by atoms with van der Waals surface area (Å²) in [6, 6.07) is 7.36. The van der Waals surface area contributed by atoms with E-state index < -0.39 is 18.3 Å². The molecule has 0 aromatic heterocycles. The molecule has 0 radical (unpaired) electrons. The topological polar surface area (TPSA) is 32.3 Å². The van der Waals surface area contributed by atoms with Crippen LogP contribution < -0.4 is 5.32 Å². The van der Waals surface area contributed by atoms with Crippen LogP contribution in [0.25, 0.3) is 0 Å². The third-order valence-electron chi connectivity index (χ3n) is 4.79. The first kappa shape index (κ1) is 17.3. The van der Waals surface area contributed by atoms with Crippen molar-refractivity contribution in [2.45, 2.75) is 56.8 Å². The molecule has 0 heterocycles. The average molecular weight is 315 g/mol. The van der Waals surface area contributed by atoms with Crippen molar-refractivity contribution in [1.82, 2.24) is 5.32 Å². The van der Waals surface area contributed by atoms with Gasteiger partial charge in [0.15, 0.2) is 5.60 Å². The van der Waals surface area contributed by atoms with Crippen molar-refractivity contribution in [3.8, 4) is 0 Å². The standard InChI is InChI=1S/C17H24F3NO/c1-2-13-8-10-15(11-9-13)21-12-16(22,17(18,19)20)14-6-4-3-5-7-14/h3-7,13,15,21-22H,2,8-12H2,1H3/t13-,15-,16?. The number of aliphatic hydroxyl groups is 1. The molecule has 1 unspecified atom stereocenters. The van der Waals surface area contributed by atoms with E-state index in [0.717, 1.165) is 32.1 Å². The summed E-state index contributed by atoms with van der Waals surface area (Å²) >= 11 is 0. The van der Waals surface area contributed by atoms with Gasteiger partial charge in [-0.25, -0.2) is 0 Å². The van der Waals surface area contributed by atoms with Crippen molar-refractivity contribution >= 4 is 0 Å². The molecule has 1 fully saturated rings. The lowest BCUT2D eigenvalue weighted by Gasteiger charge is -2.35. The molecule has 0 bridgehead atoms. The molecule has 1 aromatic carbocycles. The van der Waals surface area contributed by atoms with Gasteiger partial charge in [-0.05, 0) is 37.2 Å². The number of alkyl halides is 3. The first-order chi connectivity index (χ1) is 10.4. The van der Waals surface area contributed by atoms with Crippen LogP contribution in [0, 0.1) is 5.92 Å². The van der Waals surface area contributed by atoms with Gasteiger partial charge >= 0.3 is 6.18 Å². The molecule has 0 spiro atoms. The van der Waals surface area contributed by atoms with Crippen LogP contribution in [-0.2, 0) is 5.60 Å². The molecule has 2 nitrogen and oxygen atoms in total. The third-order valence-corrected chi connectivity index (χ3v) is 4.79. The van der Waals surface area contributed by atoms with Gasteiger partial charge in [-0.1, -0.05) is 43.7 Å². The first-order valence-electron chi connectivity index (χ1n) is 7.95. The van der Waals surface area contributed by atoms with Gasteiger partial charge in [0.2, 0.25) is 0 Å². The Morgan fingerprint density at radius 3 is 2.18 bits per heavy atom. The lowest BCUT2D eigenvalue weighted by atomic mass is 9.84. The van der Waals surface area contributed by atoms with E-state index in [1.165, 1.54) is 24.3 Å². The largest absolute Gasteiger partial charge is 0.422 e. The molecule has 2 N–H and O–H groups in total. The van der Waals surface area contributed by atoms with E-state index in [-0.39, 0.29) is 11.6 Å². The van der Waals surface area contributed by atoms with Gasteiger partial charge in [-0.15, -0.1) is 0 Å². The maximum Gasteiger partial charge on any atom is 0.422 e. The first-order valence-corrected chi connectivity index (χ1v) is 7.95. The zero-order valence-electron chi connectivity index (χ0n) is 12.9. The van der Waals surface area contributed by atoms with Gasteiger partial charge in [0.25, 0.3) is 0 Å². The molecule has 0 saturated heterocycles. The zero-order chi connectivity index (χ0) is 16.2. The molecule has 0 aliphatic heterocycles. The van der Waals surface area contributed by atoms with Crippen LogP contribution in [-0.4, -0.2) is 23.9 Å². The summed E-state index contributed by atoms with van der Waals surface area (Å²) in [6.45, 7) is 1.65. The lowest BCUT2D eigenvalue weighted by molar-refractivity contribution is -0.264. The van der Waals surface area contributed by atoms with E-state index in [4.69, 9.17) is 0 Å². The predicted molar refractivity (Wildman–Crippen MR) is 80.4 cm³/mol. The normalized spacial score (nSPS) is 25.7. The van der Waals surface area contributed by atoms with Crippen LogP contribution in [0.4, 0.5) is 13.2 Å².